The molecule has 1 aromatic carbocycles. The van der Waals surface area contributed by atoms with Crippen molar-refractivity contribution in [1.82, 2.24) is 5.32 Å². The highest BCUT2D eigenvalue weighted by molar-refractivity contribution is 5.88. The molecule has 0 unspecified atom stereocenters. The minimum absolute atomic E-state index is 0.140. The SMILES string of the molecule is CC(C)(C(=O)NCC1(C(=O)O)CCOCC1)c1ccccc1. The Morgan fingerprint density at radius 1 is 1.23 bits per heavy atom. The van der Waals surface area contributed by atoms with E-state index in [0.29, 0.717) is 26.1 Å². The maximum absolute atomic E-state index is 12.5. The molecule has 1 aliphatic heterocycles. The van der Waals surface area contributed by atoms with Crippen LogP contribution < -0.4 is 5.32 Å². The number of amides is 1. The topological polar surface area (TPSA) is 75.6 Å². The number of carboxylic acids is 1. The van der Waals surface area contributed by atoms with E-state index in [2.05, 4.69) is 5.32 Å². The van der Waals surface area contributed by atoms with Crippen molar-refractivity contribution in [2.75, 3.05) is 19.8 Å². The second-order valence-corrected chi connectivity index (χ2v) is 6.37. The lowest BCUT2D eigenvalue weighted by Gasteiger charge is -2.34. The van der Waals surface area contributed by atoms with Gasteiger partial charge in [-0.05, 0) is 32.3 Å². The monoisotopic (exact) mass is 305 g/mol. The zero-order valence-electron chi connectivity index (χ0n) is 13.1. The van der Waals surface area contributed by atoms with Gasteiger partial charge in [-0.25, -0.2) is 0 Å². The zero-order valence-corrected chi connectivity index (χ0v) is 13.1. The molecule has 1 amide bonds. The lowest BCUT2D eigenvalue weighted by atomic mass is 9.79. The van der Waals surface area contributed by atoms with Gasteiger partial charge in [-0.1, -0.05) is 30.3 Å². The summed E-state index contributed by atoms with van der Waals surface area (Å²) in [7, 11) is 0. The maximum Gasteiger partial charge on any atom is 0.311 e. The molecule has 0 atom stereocenters. The van der Waals surface area contributed by atoms with Crippen molar-refractivity contribution >= 4 is 11.9 Å². The quantitative estimate of drug-likeness (QED) is 0.872. The van der Waals surface area contributed by atoms with Gasteiger partial charge in [0.1, 0.15) is 0 Å². The van der Waals surface area contributed by atoms with Gasteiger partial charge in [0.05, 0.1) is 10.8 Å². The number of benzene rings is 1. The Kier molecular flexibility index (Phi) is 4.86. The molecule has 1 aromatic rings. The molecule has 1 heterocycles. The third-order valence-electron chi connectivity index (χ3n) is 4.55. The van der Waals surface area contributed by atoms with Crippen molar-refractivity contribution < 1.29 is 19.4 Å². The molecule has 1 saturated heterocycles. The molecule has 1 aliphatic rings. The molecule has 5 nitrogen and oxygen atoms in total. The van der Waals surface area contributed by atoms with Crippen molar-refractivity contribution in [1.29, 1.82) is 0 Å². The van der Waals surface area contributed by atoms with Crippen LogP contribution in [0.3, 0.4) is 0 Å². The third-order valence-corrected chi connectivity index (χ3v) is 4.55. The van der Waals surface area contributed by atoms with E-state index in [9.17, 15) is 14.7 Å². The van der Waals surface area contributed by atoms with Crippen LogP contribution in [-0.4, -0.2) is 36.7 Å². The normalized spacial score (nSPS) is 17.7. The molecule has 5 heteroatoms. The van der Waals surface area contributed by atoms with Gasteiger partial charge in [-0.2, -0.15) is 0 Å². The fourth-order valence-corrected chi connectivity index (χ4v) is 2.68. The van der Waals surface area contributed by atoms with Gasteiger partial charge in [0.25, 0.3) is 0 Å². The first-order chi connectivity index (χ1) is 10.4. The largest absolute Gasteiger partial charge is 0.481 e. The van der Waals surface area contributed by atoms with E-state index in [0.717, 1.165) is 5.56 Å². The predicted molar refractivity (Wildman–Crippen MR) is 82.6 cm³/mol. The van der Waals surface area contributed by atoms with Gasteiger partial charge in [0.2, 0.25) is 5.91 Å². The number of carbonyl (C=O) groups excluding carboxylic acids is 1. The fourth-order valence-electron chi connectivity index (χ4n) is 2.68. The fraction of sp³-hybridized carbons (Fsp3) is 0.529. The van der Waals surface area contributed by atoms with Crippen LogP contribution in [0.15, 0.2) is 30.3 Å². The molecule has 1 fully saturated rings. The molecule has 0 radical (unpaired) electrons. The summed E-state index contributed by atoms with van der Waals surface area (Å²) in [5, 5.41) is 12.4. The molecule has 0 bridgehead atoms. The Balaban J connectivity index is 2.06. The van der Waals surface area contributed by atoms with Crippen LogP contribution in [0.4, 0.5) is 0 Å². The molecule has 2 N–H and O–H groups in total. The van der Waals surface area contributed by atoms with Crippen LogP contribution >= 0.6 is 0 Å². The molecule has 0 aromatic heterocycles. The molecule has 0 aliphatic carbocycles. The van der Waals surface area contributed by atoms with Crippen molar-refractivity contribution in [2.24, 2.45) is 5.41 Å². The van der Waals surface area contributed by atoms with E-state index in [1.165, 1.54) is 0 Å². The van der Waals surface area contributed by atoms with E-state index in [-0.39, 0.29) is 12.5 Å². The van der Waals surface area contributed by atoms with E-state index in [1.54, 1.807) is 0 Å². The molecule has 0 saturated carbocycles. The van der Waals surface area contributed by atoms with Crippen LogP contribution in [0.1, 0.15) is 32.3 Å². The number of aliphatic carboxylic acids is 1. The third kappa shape index (κ3) is 3.30. The van der Waals surface area contributed by atoms with Gasteiger partial charge < -0.3 is 15.2 Å². The lowest BCUT2D eigenvalue weighted by Crippen LogP contribution is -2.50. The number of hydrogen-bond acceptors (Lipinski definition) is 3. The first kappa shape index (κ1) is 16.5. The number of ether oxygens (including phenoxy) is 1. The zero-order chi connectivity index (χ0) is 16.2. The molecular weight excluding hydrogens is 282 g/mol. The van der Waals surface area contributed by atoms with Gasteiger partial charge in [-0.3, -0.25) is 9.59 Å². The van der Waals surface area contributed by atoms with Crippen LogP contribution in [0.2, 0.25) is 0 Å². The van der Waals surface area contributed by atoms with Crippen molar-refractivity contribution in [3.63, 3.8) is 0 Å². The van der Waals surface area contributed by atoms with Gasteiger partial charge in [-0.15, -0.1) is 0 Å². The van der Waals surface area contributed by atoms with E-state index in [4.69, 9.17) is 4.74 Å². The number of rotatable bonds is 5. The first-order valence-corrected chi connectivity index (χ1v) is 7.53. The van der Waals surface area contributed by atoms with Gasteiger partial charge in [0, 0.05) is 19.8 Å². The number of nitrogens with one attached hydrogen (secondary N) is 1. The standard InChI is InChI=1S/C17H23NO4/c1-16(2,13-6-4-3-5-7-13)14(19)18-12-17(15(20)21)8-10-22-11-9-17/h3-7H,8-12H2,1-2H3,(H,18,19)(H,20,21). The molecule has 120 valence electrons. The minimum atomic E-state index is -0.916. The summed E-state index contributed by atoms with van der Waals surface area (Å²) in [6.07, 6.45) is 0.850. The number of carbonyl (C=O) groups is 2. The molecule has 2 rings (SSSR count). The molecule has 22 heavy (non-hydrogen) atoms. The minimum Gasteiger partial charge on any atom is -0.481 e. The summed E-state index contributed by atoms with van der Waals surface area (Å²) in [4.78, 5) is 24.1. The van der Waals surface area contributed by atoms with Crippen molar-refractivity contribution in [3.8, 4) is 0 Å². The van der Waals surface area contributed by atoms with Gasteiger partial charge >= 0.3 is 5.97 Å². The lowest BCUT2D eigenvalue weighted by molar-refractivity contribution is -0.154. The summed E-state index contributed by atoms with van der Waals surface area (Å²) in [5.41, 5.74) is -0.712. The Morgan fingerprint density at radius 3 is 2.36 bits per heavy atom. The van der Waals surface area contributed by atoms with Crippen LogP contribution in [0.5, 0.6) is 0 Å². The Hall–Kier alpha value is -1.88. The van der Waals surface area contributed by atoms with Crippen molar-refractivity contribution in [3.05, 3.63) is 35.9 Å². The average molecular weight is 305 g/mol. The summed E-state index contributed by atoms with van der Waals surface area (Å²) >= 11 is 0. The number of carboxylic acid groups (broad SMARTS) is 1. The Morgan fingerprint density at radius 2 is 1.82 bits per heavy atom. The highest BCUT2D eigenvalue weighted by atomic mass is 16.5. The summed E-state index contributed by atoms with van der Waals surface area (Å²) < 4.78 is 5.24. The van der Waals surface area contributed by atoms with Crippen LogP contribution in [0, 0.1) is 5.41 Å². The van der Waals surface area contributed by atoms with Crippen LogP contribution in [0.25, 0.3) is 0 Å². The van der Waals surface area contributed by atoms with Crippen molar-refractivity contribution in [2.45, 2.75) is 32.1 Å². The second-order valence-electron chi connectivity index (χ2n) is 6.37. The maximum atomic E-state index is 12.5. The highest BCUT2D eigenvalue weighted by Gasteiger charge is 2.41. The van der Waals surface area contributed by atoms with E-state index >= 15 is 0 Å². The smallest absolute Gasteiger partial charge is 0.311 e. The molecular formula is C17H23NO4. The van der Waals surface area contributed by atoms with Gasteiger partial charge in [0.15, 0.2) is 0 Å². The predicted octanol–water partition coefficient (Wildman–Crippen LogP) is 1.96. The Labute approximate surface area is 130 Å². The highest BCUT2D eigenvalue weighted by Crippen LogP contribution is 2.31. The Bertz CT molecular complexity index is 533. The van der Waals surface area contributed by atoms with Crippen LogP contribution in [-0.2, 0) is 19.7 Å². The number of hydrogen-bond donors (Lipinski definition) is 2. The first-order valence-electron chi connectivity index (χ1n) is 7.53. The summed E-state index contributed by atoms with van der Waals surface area (Å²) in [6.45, 7) is 4.67. The second kappa shape index (κ2) is 6.48. The molecule has 0 spiro atoms. The summed E-state index contributed by atoms with van der Waals surface area (Å²) in [6, 6.07) is 9.49. The van der Waals surface area contributed by atoms with E-state index in [1.807, 2.05) is 44.2 Å². The summed E-state index contributed by atoms with van der Waals surface area (Å²) in [5.74, 6) is -1.03. The average Bonchev–Trinajstić information content (AvgIpc) is 2.54. The van der Waals surface area contributed by atoms with E-state index < -0.39 is 16.8 Å².